The van der Waals surface area contributed by atoms with E-state index < -0.39 is 10.0 Å². The number of hydrogen-bond acceptors (Lipinski definition) is 8. The standard InChI is InChI=1S/C27H33N7O3S/c1-19-17-33(15-13-28-19)23-10-8-22(9-11-23)30-27-29-16-20-12-14-34(26(20)31-27)18-21-6-5-7-24(37-3)25(21)32(2)38(4,35)36/h5-12,14,16,19,28H,13,15,17-18H2,1-4H3,(H,29,30,31)/t19-/m0/s1. The molecule has 2 aromatic carbocycles. The quantitative estimate of drug-likeness (QED) is 0.354. The molecule has 0 unspecified atom stereocenters. The minimum atomic E-state index is -3.48. The minimum Gasteiger partial charge on any atom is -0.495 e. The molecule has 0 spiro atoms. The van der Waals surface area contributed by atoms with E-state index in [1.807, 2.05) is 41.1 Å². The maximum absolute atomic E-state index is 12.3. The smallest absolute Gasteiger partial charge is 0.232 e. The second kappa shape index (κ2) is 10.5. The molecule has 4 aromatic rings. The Morgan fingerprint density at radius 3 is 2.68 bits per heavy atom. The van der Waals surface area contributed by atoms with Crippen LogP contribution in [0.25, 0.3) is 11.0 Å². The number of fused-ring (bicyclic) bond motifs is 1. The molecule has 0 aliphatic carbocycles. The molecule has 2 aromatic heterocycles. The molecule has 1 aliphatic rings. The molecule has 1 atom stereocenters. The highest BCUT2D eigenvalue weighted by Gasteiger charge is 2.21. The number of methoxy groups -OCH3 is 1. The van der Waals surface area contributed by atoms with Gasteiger partial charge in [-0.15, -0.1) is 0 Å². The van der Waals surface area contributed by atoms with E-state index >= 15 is 0 Å². The van der Waals surface area contributed by atoms with E-state index in [9.17, 15) is 8.42 Å². The average molecular weight is 536 g/mol. The Labute approximate surface area is 223 Å². The number of piperazine rings is 1. The SMILES string of the molecule is COc1cccc(Cn2ccc3cnc(Nc4ccc(N5CCN[C@@H](C)C5)cc4)nc32)c1N(C)S(C)(=O)=O. The molecule has 10 nitrogen and oxygen atoms in total. The van der Waals surface area contributed by atoms with Gasteiger partial charge in [-0.05, 0) is 48.9 Å². The van der Waals surface area contributed by atoms with Crippen LogP contribution in [0.4, 0.5) is 23.0 Å². The first kappa shape index (κ1) is 25.8. The van der Waals surface area contributed by atoms with Crippen molar-refractivity contribution in [3.05, 3.63) is 66.5 Å². The zero-order valence-corrected chi connectivity index (χ0v) is 22.9. The predicted molar refractivity (Wildman–Crippen MR) is 152 cm³/mol. The lowest BCUT2D eigenvalue weighted by Crippen LogP contribution is -2.49. The molecule has 11 heteroatoms. The van der Waals surface area contributed by atoms with Gasteiger partial charge in [0.1, 0.15) is 11.4 Å². The van der Waals surface area contributed by atoms with Crippen molar-refractivity contribution in [3.8, 4) is 5.75 Å². The summed E-state index contributed by atoms with van der Waals surface area (Å²) in [5, 5.41) is 7.67. The van der Waals surface area contributed by atoms with Gasteiger partial charge < -0.3 is 24.8 Å². The second-order valence-electron chi connectivity index (χ2n) is 9.59. The summed E-state index contributed by atoms with van der Waals surface area (Å²) >= 11 is 0. The summed E-state index contributed by atoms with van der Waals surface area (Å²) in [5.41, 5.74) is 4.14. The summed E-state index contributed by atoms with van der Waals surface area (Å²) < 4.78 is 33.4. The summed E-state index contributed by atoms with van der Waals surface area (Å²) in [6, 6.07) is 16.2. The van der Waals surface area contributed by atoms with Crippen molar-refractivity contribution in [2.75, 3.05) is 54.6 Å². The van der Waals surface area contributed by atoms with Crippen LogP contribution >= 0.6 is 0 Å². The van der Waals surface area contributed by atoms with Crippen LogP contribution in [0.5, 0.6) is 5.75 Å². The third-order valence-electron chi connectivity index (χ3n) is 6.81. The van der Waals surface area contributed by atoms with Gasteiger partial charge in [-0.2, -0.15) is 4.98 Å². The third kappa shape index (κ3) is 5.39. The zero-order valence-electron chi connectivity index (χ0n) is 22.0. The fourth-order valence-corrected chi connectivity index (χ4v) is 5.32. The molecular weight excluding hydrogens is 502 g/mol. The summed E-state index contributed by atoms with van der Waals surface area (Å²) in [4.78, 5) is 11.6. The summed E-state index contributed by atoms with van der Waals surface area (Å²) in [5.74, 6) is 0.975. The Hall–Kier alpha value is -3.83. The molecule has 200 valence electrons. The molecule has 38 heavy (non-hydrogen) atoms. The van der Waals surface area contributed by atoms with E-state index in [0.717, 1.165) is 41.9 Å². The number of benzene rings is 2. The maximum atomic E-state index is 12.3. The first-order valence-corrected chi connectivity index (χ1v) is 14.3. The minimum absolute atomic E-state index is 0.407. The first-order chi connectivity index (χ1) is 18.2. The number of para-hydroxylation sites is 1. The molecule has 3 heterocycles. The monoisotopic (exact) mass is 535 g/mol. The van der Waals surface area contributed by atoms with Crippen LogP contribution in [0, 0.1) is 0 Å². The lowest BCUT2D eigenvalue weighted by Gasteiger charge is -2.33. The highest BCUT2D eigenvalue weighted by atomic mass is 32.2. The fourth-order valence-electron chi connectivity index (χ4n) is 4.78. The van der Waals surface area contributed by atoms with Crippen LogP contribution in [-0.2, 0) is 16.6 Å². The Morgan fingerprint density at radius 2 is 1.97 bits per heavy atom. The van der Waals surface area contributed by atoms with E-state index in [-0.39, 0.29) is 0 Å². The lowest BCUT2D eigenvalue weighted by atomic mass is 10.1. The second-order valence-corrected chi connectivity index (χ2v) is 11.6. The normalized spacial score (nSPS) is 16.0. The van der Waals surface area contributed by atoms with Crippen LogP contribution in [0.2, 0.25) is 0 Å². The van der Waals surface area contributed by atoms with Crippen LogP contribution in [0.15, 0.2) is 60.9 Å². The van der Waals surface area contributed by atoms with Crippen molar-refractivity contribution >= 4 is 44.1 Å². The molecular formula is C27H33N7O3S. The van der Waals surface area contributed by atoms with Crippen molar-refractivity contribution in [3.63, 3.8) is 0 Å². The summed E-state index contributed by atoms with van der Waals surface area (Å²) in [6.07, 6.45) is 4.89. The van der Waals surface area contributed by atoms with Crippen LogP contribution in [0.1, 0.15) is 12.5 Å². The number of sulfonamides is 1. The number of nitrogens with one attached hydrogen (secondary N) is 2. The molecule has 2 N–H and O–H groups in total. The van der Waals surface area contributed by atoms with E-state index in [4.69, 9.17) is 9.72 Å². The number of rotatable bonds is 8. The predicted octanol–water partition coefficient (Wildman–Crippen LogP) is 3.43. The van der Waals surface area contributed by atoms with Crippen molar-refractivity contribution in [2.24, 2.45) is 0 Å². The number of nitrogens with zero attached hydrogens (tertiary/aromatic N) is 5. The van der Waals surface area contributed by atoms with Gasteiger partial charge in [-0.25, -0.2) is 13.4 Å². The summed E-state index contributed by atoms with van der Waals surface area (Å²) in [7, 11) is -0.421. The largest absolute Gasteiger partial charge is 0.495 e. The van der Waals surface area contributed by atoms with Gasteiger partial charge in [0.15, 0.2) is 0 Å². The number of ether oxygens (including phenoxy) is 1. The number of anilines is 4. The summed E-state index contributed by atoms with van der Waals surface area (Å²) in [6.45, 7) is 5.56. The molecule has 0 bridgehead atoms. The first-order valence-electron chi connectivity index (χ1n) is 12.5. The van der Waals surface area contributed by atoms with Crippen molar-refractivity contribution in [1.82, 2.24) is 19.9 Å². The van der Waals surface area contributed by atoms with Crippen molar-refractivity contribution in [2.45, 2.75) is 19.5 Å². The average Bonchev–Trinajstić information content (AvgIpc) is 3.30. The van der Waals surface area contributed by atoms with Gasteiger partial charge >= 0.3 is 0 Å². The molecule has 5 rings (SSSR count). The molecule has 1 saturated heterocycles. The third-order valence-corrected chi connectivity index (χ3v) is 7.99. The fraction of sp³-hybridized carbons (Fsp3) is 0.333. The highest BCUT2D eigenvalue weighted by molar-refractivity contribution is 7.92. The van der Waals surface area contributed by atoms with Gasteiger partial charge in [0, 0.05) is 61.9 Å². The Kier molecular flexibility index (Phi) is 7.13. The Morgan fingerprint density at radius 1 is 1.18 bits per heavy atom. The Balaban J connectivity index is 1.39. The van der Waals surface area contributed by atoms with Crippen LogP contribution < -0.4 is 24.6 Å². The lowest BCUT2D eigenvalue weighted by molar-refractivity contribution is 0.415. The molecule has 0 radical (unpaired) electrons. The van der Waals surface area contributed by atoms with Gasteiger partial charge in [-0.1, -0.05) is 12.1 Å². The Bertz CT molecular complexity index is 1540. The number of hydrogen-bond donors (Lipinski definition) is 2. The van der Waals surface area contributed by atoms with E-state index in [2.05, 4.69) is 39.6 Å². The topological polar surface area (TPSA) is 105 Å². The van der Waals surface area contributed by atoms with Gasteiger partial charge in [0.25, 0.3) is 0 Å². The number of aromatic nitrogens is 3. The van der Waals surface area contributed by atoms with E-state index in [1.165, 1.54) is 30.4 Å². The van der Waals surface area contributed by atoms with Gasteiger partial charge in [0.2, 0.25) is 16.0 Å². The van der Waals surface area contributed by atoms with E-state index in [1.54, 1.807) is 12.3 Å². The van der Waals surface area contributed by atoms with Crippen molar-refractivity contribution < 1.29 is 13.2 Å². The maximum Gasteiger partial charge on any atom is 0.232 e. The van der Waals surface area contributed by atoms with Gasteiger partial charge in [-0.3, -0.25) is 4.31 Å². The highest BCUT2D eigenvalue weighted by Crippen LogP contribution is 2.34. The van der Waals surface area contributed by atoms with Gasteiger partial charge in [0.05, 0.1) is 25.6 Å². The molecule has 1 aliphatic heterocycles. The molecule has 0 saturated carbocycles. The zero-order chi connectivity index (χ0) is 26.9. The van der Waals surface area contributed by atoms with Crippen LogP contribution in [-0.4, -0.2) is 69.0 Å². The molecule has 0 amide bonds. The van der Waals surface area contributed by atoms with Crippen molar-refractivity contribution in [1.29, 1.82) is 0 Å². The van der Waals surface area contributed by atoms with E-state index in [0.29, 0.717) is 30.0 Å². The molecule has 1 fully saturated rings. The van der Waals surface area contributed by atoms with Crippen LogP contribution in [0.3, 0.4) is 0 Å².